The van der Waals surface area contributed by atoms with Crippen molar-refractivity contribution in [1.29, 1.82) is 0 Å². The van der Waals surface area contributed by atoms with Crippen LogP contribution in [0, 0.1) is 0 Å². The first-order valence-corrected chi connectivity index (χ1v) is 10.1. The van der Waals surface area contributed by atoms with Crippen molar-refractivity contribution in [3.8, 4) is 5.75 Å². The zero-order valence-electron chi connectivity index (χ0n) is 18.1. The summed E-state index contributed by atoms with van der Waals surface area (Å²) in [5.74, 6) is 1.51. The fourth-order valence-corrected chi connectivity index (χ4v) is 2.45. The molecule has 0 bridgehead atoms. The molecule has 29 heavy (non-hydrogen) atoms. The maximum absolute atomic E-state index is 10.4. The van der Waals surface area contributed by atoms with Gasteiger partial charge in [-0.2, -0.15) is 0 Å². The molecule has 8 heteroatoms. The lowest BCUT2D eigenvalue weighted by Gasteiger charge is -2.14. The molecule has 7 nitrogen and oxygen atoms in total. The number of hydrogen-bond acceptors (Lipinski definition) is 5. The number of methoxy groups -OCH3 is 1. The van der Waals surface area contributed by atoms with Crippen LogP contribution in [0.4, 0.5) is 0 Å². The van der Waals surface area contributed by atoms with Crippen LogP contribution in [0.5, 0.6) is 5.75 Å². The van der Waals surface area contributed by atoms with Crippen molar-refractivity contribution in [2.24, 2.45) is 4.99 Å². The van der Waals surface area contributed by atoms with Gasteiger partial charge in [0.2, 0.25) is 0 Å². The van der Waals surface area contributed by atoms with E-state index in [-0.39, 0.29) is 30.1 Å². The van der Waals surface area contributed by atoms with Crippen molar-refractivity contribution in [3.63, 3.8) is 0 Å². The maximum atomic E-state index is 10.4. The predicted octanol–water partition coefficient (Wildman–Crippen LogP) is 3.12. The summed E-state index contributed by atoms with van der Waals surface area (Å²) in [6, 6.07) is 7.50. The molecule has 0 aliphatic carbocycles. The number of benzene rings is 1. The fraction of sp³-hybridized carbons (Fsp3) is 0.667. The lowest BCUT2D eigenvalue weighted by atomic mass is 10.1. The van der Waals surface area contributed by atoms with Crippen LogP contribution in [-0.2, 0) is 9.47 Å². The highest BCUT2D eigenvalue weighted by atomic mass is 127. The Hall–Kier alpha value is -1.10. The van der Waals surface area contributed by atoms with Crippen LogP contribution < -0.4 is 15.4 Å². The Bertz CT molecular complexity index is 541. The Kier molecular flexibility index (Phi) is 17.1. The second kappa shape index (κ2) is 17.7. The Morgan fingerprint density at radius 3 is 2.41 bits per heavy atom. The van der Waals surface area contributed by atoms with E-state index in [1.54, 1.807) is 7.11 Å². The van der Waals surface area contributed by atoms with Gasteiger partial charge >= 0.3 is 0 Å². The first-order chi connectivity index (χ1) is 13.6. The van der Waals surface area contributed by atoms with Crippen LogP contribution in [-0.4, -0.2) is 63.7 Å². The SMILES string of the molecule is CCNC(=NCC(O)c1ccc(OC(C)C)cc1)NCCCCOCCOC.I. The molecule has 1 unspecified atom stereocenters. The molecule has 1 rings (SSSR count). The van der Waals surface area contributed by atoms with Gasteiger partial charge in [-0.05, 0) is 51.3 Å². The second-order valence-electron chi connectivity index (χ2n) is 6.71. The molecule has 0 saturated heterocycles. The van der Waals surface area contributed by atoms with E-state index in [0.717, 1.165) is 43.9 Å². The summed E-state index contributed by atoms with van der Waals surface area (Å²) in [6.45, 7) is 9.85. The average molecular weight is 523 g/mol. The van der Waals surface area contributed by atoms with E-state index in [1.165, 1.54) is 0 Å². The molecule has 1 aromatic carbocycles. The third kappa shape index (κ3) is 13.7. The topological polar surface area (TPSA) is 84.3 Å². The molecule has 0 saturated carbocycles. The summed E-state index contributed by atoms with van der Waals surface area (Å²) < 4.78 is 16.0. The second-order valence-corrected chi connectivity index (χ2v) is 6.71. The number of nitrogens with one attached hydrogen (secondary N) is 2. The molecule has 0 fully saturated rings. The van der Waals surface area contributed by atoms with Crippen molar-refractivity contribution < 1.29 is 19.3 Å². The van der Waals surface area contributed by atoms with Gasteiger partial charge in [0.05, 0.1) is 32.0 Å². The van der Waals surface area contributed by atoms with Crippen molar-refractivity contribution in [2.45, 2.75) is 45.8 Å². The molecule has 0 amide bonds. The number of aliphatic imine (C=N–C) groups is 1. The van der Waals surface area contributed by atoms with Crippen molar-refractivity contribution in [2.75, 3.05) is 46.6 Å². The third-order valence-electron chi connectivity index (χ3n) is 3.84. The van der Waals surface area contributed by atoms with E-state index in [4.69, 9.17) is 14.2 Å². The molecule has 3 N–H and O–H groups in total. The molecule has 0 spiro atoms. The van der Waals surface area contributed by atoms with Gasteiger partial charge in [-0.15, -0.1) is 24.0 Å². The van der Waals surface area contributed by atoms with E-state index >= 15 is 0 Å². The molecular formula is C21H38IN3O4. The van der Waals surface area contributed by atoms with Crippen LogP contribution in [0.2, 0.25) is 0 Å². The van der Waals surface area contributed by atoms with E-state index in [9.17, 15) is 5.11 Å². The van der Waals surface area contributed by atoms with Gasteiger partial charge in [0.15, 0.2) is 5.96 Å². The minimum absolute atomic E-state index is 0. The van der Waals surface area contributed by atoms with Crippen LogP contribution in [0.25, 0.3) is 0 Å². The summed E-state index contributed by atoms with van der Waals surface area (Å²) in [7, 11) is 1.67. The van der Waals surface area contributed by atoms with Gasteiger partial charge in [0.1, 0.15) is 5.75 Å². The van der Waals surface area contributed by atoms with E-state index in [0.29, 0.717) is 25.7 Å². The van der Waals surface area contributed by atoms with Crippen molar-refractivity contribution in [3.05, 3.63) is 29.8 Å². The van der Waals surface area contributed by atoms with Crippen LogP contribution in [0.3, 0.4) is 0 Å². The molecule has 0 aliphatic heterocycles. The highest BCUT2D eigenvalue weighted by molar-refractivity contribution is 14.0. The summed E-state index contributed by atoms with van der Waals surface area (Å²) in [4.78, 5) is 4.48. The monoisotopic (exact) mass is 523 g/mol. The molecule has 1 atom stereocenters. The van der Waals surface area contributed by atoms with Gasteiger partial charge < -0.3 is 30.0 Å². The fourth-order valence-electron chi connectivity index (χ4n) is 2.45. The van der Waals surface area contributed by atoms with Gasteiger partial charge in [0.25, 0.3) is 0 Å². The Morgan fingerprint density at radius 1 is 1.07 bits per heavy atom. The number of aliphatic hydroxyl groups is 1. The lowest BCUT2D eigenvalue weighted by Crippen LogP contribution is -2.38. The van der Waals surface area contributed by atoms with Crippen molar-refractivity contribution in [1.82, 2.24) is 10.6 Å². The number of hydrogen-bond donors (Lipinski definition) is 3. The largest absolute Gasteiger partial charge is 0.491 e. The number of halogens is 1. The Labute approximate surface area is 192 Å². The van der Waals surface area contributed by atoms with Crippen LogP contribution in [0.1, 0.15) is 45.3 Å². The molecule has 0 radical (unpaired) electrons. The van der Waals surface area contributed by atoms with Crippen LogP contribution in [0.15, 0.2) is 29.3 Å². The maximum Gasteiger partial charge on any atom is 0.191 e. The first-order valence-electron chi connectivity index (χ1n) is 10.1. The van der Waals surface area contributed by atoms with Gasteiger partial charge in [-0.3, -0.25) is 4.99 Å². The molecule has 1 aromatic rings. The number of nitrogens with zero attached hydrogens (tertiary/aromatic N) is 1. The standard InChI is InChI=1S/C21H37N3O4.HI/c1-5-22-21(23-12-6-7-13-27-15-14-26-4)24-16-20(25)18-8-10-19(11-9-18)28-17(2)3;/h8-11,17,20,25H,5-7,12-16H2,1-4H3,(H2,22,23,24);1H. The average Bonchev–Trinajstić information content (AvgIpc) is 2.68. The van der Waals surface area contributed by atoms with Crippen LogP contribution >= 0.6 is 24.0 Å². The predicted molar refractivity (Wildman–Crippen MR) is 128 cm³/mol. The Morgan fingerprint density at radius 2 is 1.79 bits per heavy atom. The minimum Gasteiger partial charge on any atom is -0.491 e. The number of ether oxygens (including phenoxy) is 3. The van der Waals surface area contributed by atoms with E-state index in [1.807, 2.05) is 45.0 Å². The third-order valence-corrected chi connectivity index (χ3v) is 3.84. The smallest absolute Gasteiger partial charge is 0.191 e. The number of rotatable bonds is 14. The molecular weight excluding hydrogens is 485 g/mol. The highest BCUT2D eigenvalue weighted by Crippen LogP contribution is 2.19. The van der Waals surface area contributed by atoms with E-state index < -0.39 is 6.10 Å². The van der Waals surface area contributed by atoms with Crippen molar-refractivity contribution >= 4 is 29.9 Å². The molecule has 168 valence electrons. The quantitative estimate of drug-likeness (QED) is 0.151. The summed E-state index contributed by atoms with van der Waals surface area (Å²) in [5, 5.41) is 16.9. The normalized spacial score (nSPS) is 12.4. The number of unbranched alkanes of at least 4 members (excludes halogenated alkanes) is 1. The minimum atomic E-state index is -0.655. The molecule has 0 aliphatic rings. The zero-order chi connectivity index (χ0) is 20.6. The van der Waals surface area contributed by atoms with E-state index in [2.05, 4.69) is 15.6 Å². The van der Waals surface area contributed by atoms with Gasteiger partial charge in [-0.25, -0.2) is 0 Å². The first kappa shape index (κ1) is 27.9. The number of guanidine groups is 1. The summed E-state index contributed by atoms with van der Waals surface area (Å²) >= 11 is 0. The van der Waals surface area contributed by atoms with Gasteiger partial charge in [-0.1, -0.05) is 12.1 Å². The number of aliphatic hydroxyl groups excluding tert-OH is 1. The summed E-state index contributed by atoms with van der Waals surface area (Å²) in [5.41, 5.74) is 0.823. The lowest BCUT2D eigenvalue weighted by molar-refractivity contribution is 0.0689. The Balaban J connectivity index is 0.00000784. The zero-order valence-corrected chi connectivity index (χ0v) is 20.5. The van der Waals surface area contributed by atoms with Gasteiger partial charge in [0, 0.05) is 26.8 Å². The highest BCUT2D eigenvalue weighted by Gasteiger charge is 2.08. The molecule has 0 heterocycles. The summed E-state index contributed by atoms with van der Waals surface area (Å²) in [6.07, 6.45) is 1.43. The molecule has 0 aromatic heterocycles.